The molecule has 0 radical (unpaired) electrons. The van der Waals surface area contributed by atoms with Crippen LogP contribution in [0, 0.1) is 0 Å². The molecule has 3 N–H and O–H groups in total. The minimum atomic E-state index is -0.896. The van der Waals surface area contributed by atoms with E-state index in [4.69, 9.17) is 19.5 Å². The number of nitrogens with zero attached hydrogens (tertiary/aromatic N) is 4. The van der Waals surface area contributed by atoms with Gasteiger partial charge in [-0.25, -0.2) is 14.6 Å². The third kappa shape index (κ3) is 8.33. The van der Waals surface area contributed by atoms with Gasteiger partial charge >= 0.3 is 12.2 Å². The van der Waals surface area contributed by atoms with Crippen LogP contribution in [0.4, 0.5) is 9.59 Å². The van der Waals surface area contributed by atoms with Crippen LogP contribution in [0.25, 0.3) is 28.0 Å². The molecule has 13 heteroatoms. The summed E-state index contributed by atoms with van der Waals surface area (Å²) in [5.74, 6) is 0.244. The van der Waals surface area contributed by atoms with Gasteiger partial charge in [0, 0.05) is 31.4 Å². The van der Waals surface area contributed by atoms with Crippen LogP contribution in [-0.4, -0.2) is 82.8 Å². The molecular weight excluding hydrogens is 759 g/mol. The number of imidazole rings is 1. The molecule has 1 fully saturated rings. The molecule has 1 saturated heterocycles. The van der Waals surface area contributed by atoms with E-state index in [0.717, 1.165) is 52.1 Å². The summed E-state index contributed by atoms with van der Waals surface area (Å²) in [6.45, 7) is 0.960. The van der Waals surface area contributed by atoms with Crippen LogP contribution in [0.15, 0.2) is 139 Å². The molecule has 8 rings (SSSR count). The number of aliphatic imine (C=N–C) groups is 1. The summed E-state index contributed by atoms with van der Waals surface area (Å²) >= 11 is 0. The van der Waals surface area contributed by atoms with Crippen molar-refractivity contribution in [2.75, 3.05) is 27.3 Å². The van der Waals surface area contributed by atoms with Crippen molar-refractivity contribution in [2.24, 2.45) is 4.99 Å². The lowest BCUT2D eigenvalue weighted by Crippen LogP contribution is -2.47. The summed E-state index contributed by atoms with van der Waals surface area (Å²) in [4.78, 5) is 68.7. The monoisotopic (exact) mass is 803 g/mol. The molecule has 0 bridgehead atoms. The van der Waals surface area contributed by atoms with Crippen molar-refractivity contribution >= 4 is 35.3 Å². The number of ether oxygens (including phenoxy) is 2. The van der Waals surface area contributed by atoms with Crippen LogP contribution in [-0.2, 0) is 19.1 Å². The molecule has 4 heterocycles. The van der Waals surface area contributed by atoms with Crippen molar-refractivity contribution in [3.05, 3.63) is 156 Å². The number of alkyl carbamates (subject to hydrolysis) is 2. The number of amides is 4. The molecule has 4 atom stereocenters. The van der Waals surface area contributed by atoms with E-state index in [0.29, 0.717) is 36.5 Å². The molecule has 60 heavy (non-hydrogen) atoms. The van der Waals surface area contributed by atoms with Crippen LogP contribution >= 0.6 is 0 Å². The molecule has 4 aromatic carbocycles. The first-order chi connectivity index (χ1) is 29.3. The predicted molar refractivity (Wildman–Crippen MR) is 227 cm³/mol. The van der Waals surface area contributed by atoms with Gasteiger partial charge in [-0.3, -0.25) is 14.6 Å². The van der Waals surface area contributed by atoms with Crippen LogP contribution in [0.1, 0.15) is 59.9 Å². The Kier molecular flexibility index (Phi) is 11.7. The van der Waals surface area contributed by atoms with E-state index in [9.17, 15) is 19.2 Å². The second-order valence-electron chi connectivity index (χ2n) is 14.8. The Labute approximate surface area is 347 Å². The van der Waals surface area contributed by atoms with Crippen molar-refractivity contribution < 1.29 is 28.7 Å². The summed E-state index contributed by atoms with van der Waals surface area (Å²) in [7, 11) is 2.56. The average molecular weight is 804 g/mol. The van der Waals surface area contributed by atoms with Gasteiger partial charge in [0.15, 0.2) is 0 Å². The molecule has 304 valence electrons. The van der Waals surface area contributed by atoms with Gasteiger partial charge in [-0.1, -0.05) is 121 Å². The van der Waals surface area contributed by atoms with Crippen molar-refractivity contribution in [3.63, 3.8) is 0 Å². The number of rotatable bonds is 11. The fourth-order valence-electron chi connectivity index (χ4n) is 8.08. The number of likely N-dealkylation sites (tertiary alicyclic amines) is 1. The molecule has 1 aromatic heterocycles. The summed E-state index contributed by atoms with van der Waals surface area (Å²) in [5, 5.41) is 5.41. The summed E-state index contributed by atoms with van der Waals surface area (Å²) in [5.41, 5.74) is 8.23. The number of benzene rings is 4. The van der Waals surface area contributed by atoms with E-state index >= 15 is 0 Å². The standard InChI is InChI=1S/C47H45N7O6/c1-59-46(57)51-41(34-11-5-3-6-12-34)44(55)53-25-9-15-39(53)37-27-36(28-48-37)32-19-17-30(18-20-32)31-21-23-33(24-22-31)38-29-49-43(50-38)40-16-10-26-54(40)45(56)42(52-47(58)60-2)35-13-7-4-8-14-35/h3-9,11-15,17-24,28-29,39-42H,10,16,25-27H2,1-2H3,(H,49,50)(H,51,57)(H,52,58)/t39?,40-,41+,42+/m0/s1. The zero-order valence-electron chi connectivity index (χ0n) is 33.3. The molecule has 13 nitrogen and oxygen atoms in total. The molecule has 4 amide bonds. The second-order valence-corrected chi connectivity index (χ2v) is 14.8. The van der Waals surface area contributed by atoms with Gasteiger partial charge in [0.1, 0.15) is 17.9 Å². The van der Waals surface area contributed by atoms with Crippen LogP contribution in [0.3, 0.4) is 0 Å². The Morgan fingerprint density at radius 2 is 1.27 bits per heavy atom. The molecule has 5 aromatic rings. The first-order valence-electron chi connectivity index (χ1n) is 19.9. The van der Waals surface area contributed by atoms with Gasteiger partial charge in [-0.2, -0.15) is 0 Å². The number of hydrogen-bond acceptors (Lipinski definition) is 8. The maximum Gasteiger partial charge on any atom is 0.407 e. The van der Waals surface area contributed by atoms with E-state index in [1.807, 2.05) is 79.0 Å². The molecule has 3 aliphatic heterocycles. The van der Waals surface area contributed by atoms with Gasteiger partial charge in [0.25, 0.3) is 11.8 Å². The SMILES string of the molecule is COC(=O)N[C@@H](C(=O)N1CC=CC1C1=NC=C(c2ccc(-c3ccc(-c4cnc([C@@H]5CCCN5C(=O)[C@H](NC(=O)OC)c5ccccc5)[nH]4)cc3)cc2)C1)c1ccccc1. The van der Waals surface area contributed by atoms with Crippen LogP contribution in [0.5, 0.6) is 0 Å². The average Bonchev–Trinajstić information content (AvgIpc) is 4.15. The number of allylic oxidation sites excluding steroid dienone is 1. The Morgan fingerprint density at radius 1 is 0.717 bits per heavy atom. The Bertz CT molecular complexity index is 2450. The molecule has 3 aliphatic rings. The van der Waals surface area contributed by atoms with Crippen LogP contribution < -0.4 is 10.6 Å². The van der Waals surface area contributed by atoms with Crippen molar-refractivity contribution in [1.29, 1.82) is 0 Å². The topological polar surface area (TPSA) is 158 Å². The Balaban J connectivity index is 0.901. The van der Waals surface area contributed by atoms with Gasteiger partial charge in [0.05, 0.1) is 38.2 Å². The predicted octanol–water partition coefficient (Wildman–Crippen LogP) is 7.55. The second kappa shape index (κ2) is 17.7. The number of H-pyrrole nitrogens is 1. The quantitative estimate of drug-likeness (QED) is 0.116. The van der Waals surface area contributed by atoms with Crippen molar-refractivity contribution in [3.8, 4) is 22.4 Å². The number of carbonyl (C=O) groups is 4. The summed E-state index contributed by atoms with van der Waals surface area (Å²) in [6.07, 6.45) is 8.41. The third-order valence-electron chi connectivity index (χ3n) is 11.2. The van der Waals surface area contributed by atoms with E-state index in [-0.39, 0.29) is 23.9 Å². The number of carbonyl (C=O) groups excluding carboxylic acids is 4. The smallest absolute Gasteiger partial charge is 0.407 e. The maximum atomic E-state index is 13.9. The van der Waals surface area contributed by atoms with Gasteiger partial charge < -0.3 is 34.9 Å². The molecule has 1 unspecified atom stereocenters. The zero-order valence-corrected chi connectivity index (χ0v) is 33.3. The number of nitrogens with one attached hydrogen (secondary N) is 3. The van der Waals surface area contributed by atoms with Crippen molar-refractivity contribution in [1.82, 2.24) is 30.4 Å². The lowest BCUT2D eigenvalue weighted by molar-refractivity contribution is -0.134. The molecule has 0 saturated carbocycles. The lowest BCUT2D eigenvalue weighted by Gasteiger charge is -2.29. The molecule has 0 aliphatic carbocycles. The Morgan fingerprint density at radius 3 is 1.85 bits per heavy atom. The van der Waals surface area contributed by atoms with Gasteiger partial charge in [0.2, 0.25) is 0 Å². The Hall–Kier alpha value is -7.28. The van der Waals surface area contributed by atoms with E-state index in [1.54, 1.807) is 16.0 Å². The normalized spacial score (nSPS) is 18.0. The highest BCUT2D eigenvalue weighted by Gasteiger charge is 2.38. The third-order valence-corrected chi connectivity index (χ3v) is 11.2. The zero-order chi connectivity index (χ0) is 41.6. The fourth-order valence-corrected chi connectivity index (χ4v) is 8.08. The summed E-state index contributed by atoms with van der Waals surface area (Å²) < 4.78 is 9.65. The van der Waals surface area contributed by atoms with E-state index in [1.165, 1.54) is 14.2 Å². The van der Waals surface area contributed by atoms with Crippen LogP contribution in [0.2, 0.25) is 0 Å². The minimum absolute atomic E-state index is 0.215. The molecular formula is C47H45N7O6. The maximum absolute atomic E-state index is 13.9. The number of aromatic nitrogens is 2. The van der Waals surface area contributed by atoms with E-state index in [2.05, 4.69) is 64.1 Å². The lowest BCUT2D eigenvalue weighted by atomic mass is 9.96. The number of methoxy groups -OCH3 is 2. The summed E-state index contributed by atoms with van der Waals surface area (Å²) in [6, 6.07) is 32.5. The van der Waals surface area contributed by atoms with Crippen molar-refractivity contribution in [2.45, 2.75) is 43.4 Å². The fraction of sp³-hybridized carbons (Fsp3) is 0.234. The van der Waals surface area contributed by atoms with Gasteiger partial charge in [-0.05, 0) is 51.8 Å². The first-order valence-corrected chi connectivity index (χ1v) is 19.9. The first kappa shape index (κ1) is 39.5. The largest absolute Gasteiger partial charge is 0.453 e. The number of aromatic amines is 1. The van der Waals surface area contributed by atoms with Gasteiger partial charge in [-0.15, -0.1) is 0 Å². The number of hydrogen-bond donors (Lipinski definition) is 3. The highest BCUT2D eigenvalue weighted by molar-refractivity contribution is 6.05. The highest BCUT2D eigenvalue weighted by Crippen LogP contribution is 2.35. The highest BCUT2D eigenvalue weighted by atomic mass is 16.5. The minimum Gasteiger partial charge on any atom is -0.453 e. The molecule has 0 spiro atoms. The van der Waals surface area contributed by atoms with E-state index < -0.39 is 24.3 Å².